The summed E-state index contributed by atoms with van der Waals surface area (Å²) in [4.78, 5) is 0. The number of hydrogen-bond acceptors (Lipinski definition) is 2. The highest BCUT2D eigenvalue weighted by molar-refractivity contribution is 4.70. The van der Waals surface area contributed by atoms with Crippen LogP contribution in [0.1, 0.15) is 40.5 Å². The Kier molecular flexibility index (Phi) is 6.39. The van der Waals surface area contributed by atoms with Gasteiger partial charge in [0.15, 0.2) is 0 Å². The minimum Gasteiger partial charge on any atom is -0.395 e. The van der Waals surface area contributed by atoms with Crippen LogP contribution in [0, 0.1) is 5.92 Å². The van der Waals surface area contributed by atoms with Crippen molar-refractivity contribution in [2.45, 2.75) is 52.6 Å². The number of aliphatic hydroxyl groups is 1. The smallest absolute Gasteiger partial charge is 0.0584 e. The van der Waals surface area contributed by atoms with E-state index in [1.54, 1.807) is 0 Å². The molecule has 2 heteroatoms. The van der Waals surface area contributed by atoms with E-state index in [0.717, 1.165) is 12.8 Å². The molecule has 0 aliphatic heterocycles. The van der Waals surface area contributed by atoms with E-state index in [4.69, 9.17) is 5.11 Å². The van der Waals surface area contributed by atoms with Gasteiger partial charge in [-0.3, -0.25) is 0 Å². The van der Waals surface area contributed by atoms with E-state index in [-0.39, 0.29) is 12.6 Å². The number of rotatable bonds is 6. The molecule has 2 N–H and O–H groups in total. The molecule has 0 rings (SSSR count). The maximum atomic E-state index is 9.06. The molecule has 0 aromatic rings. The standard InChI is InChI=1S/C10H23NO/c1-5-9(4)11-10(7-12)6-8(2)3/h8-12H,5-7H2,1-4H3/t9-,10+/m1/s1. The van der Waals surface area contributed by atoms with Gasteiger partial charge in [-0.15, -0.1) is 0 Å². The molecule has 0 heterocycles. The molecule has 0 unspecified atom stereocenters. The van der Waals surface area contributed by atoms with Crippen molar-refractivity contribution in [3.63, 3.8) is 0 Å². The number of hydrogen-bond donors (Lipinski definition) is 2. The molecule has 0 saturated heterocycles. The van der Waals surface area contributed by atoms with Gasteiger partial charge >= 0.3 is 0 Å². The third kappa shape index (κ3) is 5.56. The average Bonchev–Trinajstić information content (AvgIpc) is 2.02. The number of nitrogens with one attached hydrogen (secondary N) is 1. The lowest BCUT2D eigenvalue weighted by atomic mass is 10.0. The first-order valence-corrected chi connectivity index (χ1v) is 4.97. The molecule has 0 aromatic carbocycles. The van der Waals surface area contributed by atoms with Gasteiger partial charge in [-0.05, 0) is 25.7 Å². The first-order chi connectivity index (χ1) is 5.60. The van der Waals surface area contributed by atoms with Crippen LogP contribution in [0.25, 0.3) is 0 Å². The molecule has 0 saturated carbocycles. The molecule has 0 aliphatic carbocycles. The first-order valence-electron chi connectivity index (χ1n) is 4.97. The van der Waals surface area contributed by atoms with E-state index in [1.807, 2.05) is 0 Å². The Morgan fingerprint density at radius 2 is 1.83 bits per heavy atom. The molecule has 0 aromatic heterocycles. The normalized spacial score (nSPS) is 16.5. The van der Waals surface area contributed by atoms with Gasteiger partial charge < -0.3 is 10.4 Å². The molecule has 0 amide bonds. The molecule has 0 bridgehead atoms. The maximum absolute atomic E-state index is 9.06. The van der Waals surface area contributed by atoms with E-state index >= 15 is 0 Å². The second-order valence-corrected chi connectivity index (χ2v) is 3.99. The molecule has 0 spiro atoms. The summed E-state index contributed by atoms with van der Waals surface area (Å²) in [5.41, 5.74) is 0. The second kappa shape index (κ2) is 6.44. The van der Waals surface area contributed by atoms with Crippen molar-refractivity contribution in [3.8, 4) is 0 Å². The maximum Gasteiger partial charge on any atom is 0.0584 e. The van der Waals surface area contributed by atoms with Crippen LogP contribution in [0.15, 0.2) is 0 Å². The molecule has 74 valence electrons. The topological polar surface area (TPSA) is 32.3 Å². The highest BCUT2D eigenvalue weighted by Crippen LogP contribution is 2.05. The van der Waals surface area contributed by atoms with Crippen molar-refractivity contribution in [2.24, 2.45) is 5.92 Å². The predicted molar refractivity (Wildman–Crippen MR) is 53.2 cm³/mol. The lowest BCUT2D eigenvalue weighted by Gasteiger charge is -2.22. The Morgan fingerprint density at radius 1 is 1.25 bits per heavy atom. The van der Waals surface area contributed by atoms with Gasteiger partial charge in [0.1, 0.15) is 0 Å². The van der Waals surface area contributed by atoms with Crippen LogP contribution in [0.4, 0.5) is 0 Å². The fourth-order valence-electron chi connectivity index (χ4n) is 1.28. The van der Waals surface area contributed by atoms with Crippen LogP contribution < -0.4 is 5.32 Å². The SMILES string of the molecule is CC[C@@H](C)N[C@H](CO)CC(C)C. The van der Waals surface area contributed by atoms with Crippen molar-refractivity contribution in [1.82, 2.24) is 5.32 Å². The van der Waals surface area contributed by atoms with E-state index < -0.39 is 0 Å². The lowest BCUT2D eigenvalue weighted by molar-refractivity contribution is 0.214. The zero-order chi connectivity index (χ0) is 9.56. The molecule has 12 heavy (non-hydrogen) atoms. The Bertz CT molecular complexity index is 104. The lowest BCUT2D eigenvalue weighted by Crippen LogP contribution is -2.39. The molecule has 0 fully saturated rings. The van der Waals surface area contributed by atoms with Crippen LogP contribution in [-0.4, -0.2) is 23.8 Å². The zero-order valence-corrected chi connectivity index (χ0v) is 8.80. The third-order valence-corrected chi connectivity index (χ3v) is 2.11. The van der Waals surface area contributed by atoms with Crippen molar-refractivity contribution < 1.29 is 5.11 Å². The molecule has 0 radical (unpaired) electrons. The summed E-state index contributed by atoms with van der Waals surface area (Å²) >= 11 is 0. The Hall–Kier alpha value is -0.0800. The van der Waals surface area contributed by atoms with Gasteiger partial charge in [-0.25, -0.2) is 0 Å². The van der Waals surface area contributed by atoms with E-state index in [9.17, 15) is 0 Å². The summed E-state index contributed by atoms with van der Waals surface area (Å²) in [6.45, 7) is 8.93. The van der Waals surface area contributed by atoms with Gasteiger partial charge in [0.25, 0.3) is 0 Å². The number of aliphatic hydroxyl groups excluding tert-OH is 1. The first kappa shape index (κ1) is 11.9. The highest BCUT2D eigenvalue weighted by Gasteiger charge is 2.10. The van der Waals surface area contributed by atoms with Crippen LogP contribution in [0.2, 0.25) is 0 Å². The van der Waals surface area contributed by atoms with Crippen LogP contribution in [-0.2, 0) is 0 Å². The molecular formula is C10H23NO. The summed E-state index contributed by atoms with van der Waals surface area (Å²) in [7, 11) is 0. The van der Waals surface area contributed by atoms with Crippen LogP contribution in [0.5, 0.6) is 0 Å². The van der Waals surface area contributed by atoms with E-state index in [2.05, 4.69) is 33.0 Å². The minimum absolute atomic E-state index is 0.253. The second-order valence-electron chi connectivity index (χ2n) is 3.99. The molecular weight excluding hydrogens is 150 g/mol. The largest absolute Gasteiger partial charge is 0.395 e. The zero-order valence-electron chi connectivity index (χ0n) is 8.80. The quantitative estimate of drug-likeness (QED) is 0.641. The third-order valence-electron chi connectivity index (χ3n) is 2.11. The van der Waals surface area contributed by atoms with Gasteiger partial charge in [0.05, 0.1) is 6.61 Å². The summed E-state index contributed by atoms with van der Waals surface area (Å²) in [6, 6.07) is 0.792. The van der Waals surface area contributed by atoms with Crippen molar-refractivity contribution in [3.05, 3.63) is 0 Å². The average molecular weight is 173 g/mol. The monoisotopic (exact) mass is 173 g/mol. The Labute approximate surface area is 76.4 Å². The van der Waals surface area contributed by atoms with Crippen molar-refractivity contribution in [1.29, 1.82) is 0 Å². The van der Waals surface area contributed by atoms with Crippen LogP contribution in [0.3, 0.4) is 0 Å². The Balaban J connectivity index is 3.66. The molecule has 2 nitrogen and oxygen atoms in total. The fraction of sp³-hybridized carbons (Fsp3) is 1.00. The summed E-state index contributed by atoms with van der Waals surface area (Å²) in [5.74, 6) is 0.652. The highest BCUT2D eigenvalue weighted by atomic mass is 16.3. The Morgan fingerprint density at radius 3 is 2.17 bits per heavy atom. The fourth-order valence-corrected chi connectivity index (χ4v) is 1.28. The van der Waals surface area contributed by atoms with Gasteiger partial charge in [0, 0.05) is 12.1 Å². The summed E-state index contributed by atoms with van der Waals surface area (Å²) in [6.07, 6.45) is 2.18. The van der Waals surface area contributed by atoms with E-state index in [1.165, 1.54) is 0 Å². The van der Waals surface area contributed by atoms with Gasteiger partial charge in [-0.1, -0.05) is 20.8 Å². The molecule has 0 aliphatic rings. The van der Waals surface area contributed by atoms with E-state index in [0.29, 0.717) is 12.0 Å². The van der Waals surface area contributed by atoms with Gasteiger partial charge in [-0.2, -0.15) is 0 Å². The van der Waals surface area contributed by atoms with Crippen molar-refractivity contribution in [2.75, 3.05) is 6.61 Å². The summed E-state index contributed by atoms with van der Waals surface area (Å²) < 4.78 is 0. The van der Waals surface area contributed by atoms with Gasteiger partial charge in [0.2, 0.25) is 0 Å². The van der Waals surface area contributed by atoms with Crippen molar-refractivity contribution >= 4 is 0 Å². The predicted octanol–water partition coefficient (Wildman–Crippen LogP) is 1.78. The molecule has 2 atom stereocenters. The minimum atomic E-state index is 0.253. The summed E-state index contributed by atoms with van der Waals surface area (Å²) in [5, 5.41) is 12.5. The van der Waals surface area contributed by atoms with Crippen LogP contribution >= 0.6 is 0 Å².